The lowest BCUT2D eigenvalue weighted by molar-refractivity contribution is -0.164. The van der Waals surface area contributed by atoms with E-state index in [2.05, 4.69) is 9.47 Å². The maximum atomic E-state index is 12.2. The minimum absolute atomic E-state index is 0.290. The van der Waals surface area contributed by atoms with Crippen LogP contribution in [0.25, 0.3) is 0 Å². The molecule has 0 aliphatic carbocycles. The molecule has 0 saturated heterocycles. The fourth-order valence-electron chi connectivity index (χ4n) is 1.05. The summed E-state index contributed by atoms with van der Waals surface area (Å²) >= 11 is 0. The number of carbonyl (C=O) groups is 2. The van der Waals surface area contributed by atoms with Crippen molar-refractivity contribution >= 4 is 11.9 Å². The maximum absolute atomic E-state index is 12.2. The highest BCUT2D eigenvalue weighted by atomic mass is 19.4. The fourth-order valence-corrected chi connectivity index (χ4v) is 1.05. The van der Waals surface area contributed by atoms with Crippen LogP contribution in [0.3, 0.4) is 0 Å². The van der Waals surface area contributed by atoms with Gasteiger partial charge in [-0.25, -0.2) is 0 Å². The van der Waals surface area contributed by atoms with E-state index in [1.165, 1.54) is 7.11 Å². The first-order chi connectivity index (χ1) is 7.80. The van der Waals surface area contributed by atoms with Gasteiger partial charge in [0.2, 0.25) is 5.91 Å². The van der Waals surface area contributed by atoms with Crippen molar-refractivity contribution in [2.24, 2.45) is 0 Å². The summed E-state index contributed by atoms with van der Waals surface area (Å²) in [5, 5.41) is 0. The second kappa shape index (κ2) is 7.10. The Labute approximate surface area is 96.5 Å². The van der Waals surface area contributed by atoms with Crippen molar-refractivity contribution in [3.8, 4) is 0 Å². The molecular weight excluding hydrogens is 243 g/mol. The molecule has 0 unspecified atom stereocenters. The molecule has 100 valence electrons. The van der Waals surface area contributed by atoms with Crippen LogP contribution < -0.4 is 0 Å². The lowest BCUT2D eigenvalue weighted by Crippen LogP contribution is -2.41. The Balaban J connectivity index is 4.40. The normalized spacial score (nSPS) is 11.1. The Morgan fingerprint density at radius 3 is 2.24 bits per heavy atom. The highest BCUT2D eigenvalue weighted by molar-refractivity contribution is 5.78. The Hall–Kier alpha value is -1.31. The standard InChI is InChI=1S/C9H14F3NO4/c1-16-5-7(14)13(6-9(10,11)12)4-3-8(15)17-2/h3-6H2,1-2H3. The van der Waals surface area contributed by atoms with Gasteiger partial charge in [0.25, 0.3) is 0 Å². The highest BCUT2D eigenvalue weighted by Gasteiger charge is 2.33. The quantitative estimate of drug-likeness (QED) is 0.653. The van der Waals surface area contributed by atoms with Gasteiger partial charge in [-0.05, 0) is 0 Å². The van der Waals surface area contributed by atoms with Gasteiger partial charge in [0, 0.05) is 13.7 Å². The van der Waals surface area contributed by atoms with Crippen molar-refractivity contribution in [3.63, 3.8) is 0 Å². The van der Waals surface area contributed by atoms with E-state index < -0.39 is 31.2 Å². The second-order valence-corrected chi connectivity index (χ2v) is 3.19. The first kappa shape index (κ1) is 15.7. The minimum Gasteiger partial charge on any atom is -0.469 e. The number of halogens is 3. The minimum atomic E-state index is -4.51. The predicted octanol–water partition coefficient (Wildman–Crippen LogP) is 0.587. The van der Waals surface area contributed by atoms with Gasteiger partial charge >= 0.3 is 12.1 Å². The van der Waals surface area contributed by atoms with Gasteiger partial charge in [0.1, 0.15) is 13.2 Å². The van der Waals surface area contributed by atoms with Crippen LogP contribution in [-0.2, 0) is 19.1 Å². The molecule has 0 aromatic heterocycles. The van der Waals surface area contributed by atoms with E-state index in [1.54, 1.807) is 0 Å². The van der Waals surface area contributed by atoms with Crippen LogP contribution in [0.1, 0.15) is 6.42 Å². The van der Waals surface area contributed by atoms with E-state index in [0.29, 0.717) is 4.90 Å². The second-order valence-electron chi connectivity index (χ2n) is 3.19. The summed E-state index contributed by atoms with van der Waals surface area (Å²) in [5.41, 5.74) is 0. The molecule has 0 radical (unpaired) electrons. The SMILES string of the molecule is COCC(=O)N(CCC(=O)OC)CC(F)(F)F. The summed E-state index contributed by atoms with van der Waals surface area (Å²) < 4.78 is 45.2. The van der Waals surface area contributed by atoms with Crippen LogP contribution in [0.5, 0.6) is 0 Å². The Kier molecular flexibility index (Phi) is 6.55. The summed E-state index contributed by atoms with van der Waals surface area (Å²) in [7, 11) is 2.32. The zero-order chi connectivity index (χ0) is 13.5. The average molecular weight is 257 g/mol. The number of hydrogen-bond donors (Lipinski definition) is 0. The summed E-state index contributed by atoms with van der Waals surface area (Å²) in [6.07, 6.45) is -4.80. The number of methoxy groups -OCH3 is 2. The van der Waals surface area contributed by atoms with Crippen LogP contribution >= 0.6 is 0 Å². The molecule has 5 nitrogen and oxygen atoms in total. The van der Waals surface area contributed by atoms with Gasteiger partial charge in [-0.3, -0.25) is 9.59 Å². The average Bonchev–Trinajstić information content (AvgIpc) is 2.22. The van der Waals surface area contributed by atoms with Gasteiger partial charge in [0.15, 0.2) is 0 Å². The van der Waals surface area contributed by atoms with Crippen LogP contribution in [0.15, 0.2) is 0 Å². The van der Waals surface area contributed by atoms with E-state index in [0.717, 1.165) is 7.11 Å². The molecule has 0 fully saturated rings. The fraction of sp³-hybridized carbons (Fsp3) is 0.778. The molecule has 0 aliphatic heterocycles. The largest absolute Gasteiger partial charge is 0.469 e. The van der Waals surface area contributed by atoms with Gasteiger partial charge in [0.05, 0.1) is 13.5 Å². The Morgan fingerprint density at radius 1 is 1.24 bits per heavy atom. The van der Waals surface area contributed by atoms with Crippen LogP contribution in [0.4, 0.5) is 13.2 Å². The molecule has 17 heavy (non-hydrogen) atoms. The summed E-state index contributed by atoms with van der Waals surface area (Å²) in [6.45, 7) is -2.22. The van der Waals surface area contributed by atoms with E-state index in [1.807, 2.05) is 0 Å². The number of ether oxygens (including phenoxy) is 2. The molecule has 0 saturated carbocycles. The van der Waals surface area contributed by atoms with Crippen molar-refractivity contribution in [1.29, 1.82) is 0 Å². The molecule has 0 spiro atoms. The number of esters is 1. The number of rotatable bonds is 6. The first-order valence-electron chi connectivity index (χ1n) is 4.70. The van der Waals surface area contributed by atoms with Crippen molar-refractivity contribution < 1.29 is 32.2 Å². The number of carbonyl (C=O) groups excluding carboxylic acids is 2. The summed E-state index contributed by atoms with van der Waals surface area (Å²) in [4.78, 5) is 22.6. The topological polar surface area (TPSA) is 55.8 Å². The maximum Gasteiger partial charge on any atom is 0.406 e. The third kappa shape index (κ3) is 7.56. The third-order valence-corrected chi connectivity index (χ3v) is 1.80. The van der Waals surface area contributed by atoms with Crippen molar-refractivity contribution in [1.82, 2.24) is 4.90 Å². The lowest BCUT2D eigenvalue weighted by atomic mass is 10.3. The van der Waals surface area contributed by atoms with Crippen LogP contribution in [0.2, 0.25) is 0 Å². The van der Waals surface area contributed by atoms with Crippen molar-refractivity contribution in [2.45, 2.75) is 12.6 Å². The third-order valence-electron chi connectivity index (χ3n) is 1.80. The molecule has 0 bridgehead atoms. The first-order valence-corrected chi connectivity index (χ1v) is 4.70. The number of amides is 1. The molecule has 1 amide bonds. The Bertz CT molecular complexity index is 267. The zero-order valence-corrected chi connectivity index (χ0v) is 9.54. The van der Waals surface area contributed by atoms with Gasteiger partial charge < -0.3 is 14.4 Å². The molecule has 8 heteroatoms. The monoisotopic (exact) mass is 257 g/mol. The highest BCUT2D eigenvalue weighted by Crippen LogP contribution is 2.16. The van der Waals surface area contributed by atoms with E-state index in [-0.39, 0.29) is 13.0 Å². The molecule has 0 rings (SSSR count). The van der Waals surface area contributed by atoms with E-state index in [9.17, 15) is 22.8 Å². The molecular formula is C9H14F3NO4. The number of nitrogens with zero attached hydrogens (tertiary/aromatic N) is 1. The number of alkyl halides is 3. The number of hydrogen-bond acceptors (Lipinski definition) is 4. The van der Waals surface area contributed by atoms with E-state index in [4.69, 9.17) is 0 Å². The predicted molar refractivity (Wildman–Crippen MR) is 51.1 cm³/mol. The van der Waals surface area contributed by atoms with Crippen molar-refractivity contribution in [3.05, 3.63) is 0 Å². The van der Waals surface area contributed by atoms with Crippen LogP contribution in [0, 0.1) is 0 Å². The van der Waals surface area contributed by atoms with Gasteiger partial charge in [-0.15, -0.1) is 0 Å². The van der Waals surface area contributed by atoms with E-state index >= 15 is 0 Å². The molecule has 0 heterocycles. The van der Waals surface area contributed by atoms with Gasteiger partial charge in [-0.1, -0.05) is 0 Å². The summed E-state index contributed by atoms with van der Waals surface area (Å²) in [5.74, 6) is -1.50. The van der Waals surface area contributed by atoms with Crippen LogP contribution in [-0.4, -0.2) is 56.9 Å². The smallest absolute Gasteiger partial charge is 0.406 e. The molecule has 0 aromatic carbocycles. The zero-order valence-electron chi connectivity index (χ0n) is 9.54. The Morgan fingerprint density at radius 2 is 1.82 bits per heavy atom. The van der Waals surface area contributed by atoms with Crippen molar-refractivity contribution in [2.75, 3.05) is 33.9 Å². The lowest BCUT2D eigenvalue weighted by Gasteiger charge is -2.23. The van der Waals surface area contributed by atoms with Gasteiger partial charge in [-0.2, -0.15) is 13.2 Å². The molecule has 0 N–H and O–H groups in total. The molecule has 0 aliphatic rings. The molecule has 0 aromatic rings. The summed E-state index contributed by atoms with van der Waals surface area (Å²) in [6, 6.07) is 0. The molecule has 0 atom stereocenters.